The van der Waals surface area contributed by atoms with Crippen LogP contribution in [0.15, 0.2) is 16.5 Å². The maximum atomic E-state index is 12.9. The number of nitrogens with zero attached hydrogens (tertiary/aromatic N) is 1. The molecule has 0 bridgehead atoms. The average molecular weight is 349 g/mol. The minimum atomic E-state index is -0.0502. The highest BCUT2D eigenvalue weighted by molar-refractivity contribution is 5.92. The summed E-state index contributed by atoms with van der Waals surface area (Å²) in [4.78, 5) is 14.8. The molecular formula is C19H27NO5. The third kappa shape index (κ3) is 3.61. The second-order valence-electron chi connectivity index (χ2n) is 7.34. The van der Waals surface area contributed by atoms with Crippen LogP contribution in [0.1, 0.15) is 42.0 Å². The summed E-state index contributed by atoms with van der Waals surface area (Å²) < 4.78 is 23.2. The first-order valence-corrected chi connectivity index (χ1v) is 9.41. The molecule has 1 aromatic rings. The van der Waals surface area contributed by atoms with Gasteiger partial charge in [0.05, 0.1) is 19.2 Å². The predicted octanol–water partition coefficient (Wildman–Crippen LogP) is 2.40. The van der Waals surface area contributed by atoms with Crippen molar-refractivity contribution < 1.29 is 23.4 Å². The molecule has 0 aliphatic carbocycles. The number of amides is 1. The molecule has 1 aromatic heterocycles. The van der Waals surface area contributed by atoms with Gasteiger partial charge in [0.25, 0.3) is 5.91 Å². The molecule has 0 N–H and O–H groups in total. The van der Waals surface area contributed by atoms with Gasteiger partial charge < -0.3 is 23.5 Å². The van der Waals surface area contributed by atoms with E-state index in [1.165, 1.54) is 0 Å². The maximum absolute atomic E-state index is 12.9. The summed E-state index contributed by atoms with van der Waals surface area (Å²) in [6.45, 7) is 5.56. The summed E-state index contributed by atoms with van der Waals surface area (Å²) in [7, 11) is 0. The SMILES string of the molecule is Cc1ccc(C(=O)N2C[C@@H](OCC3CCOCC3)[C@@H]3OCCC[C@@H]32)o1. The fourth-order valence-electron chi connectivity index (χ4n) is 4.15. The molecule has 138 valence electrons. The van der Waals surface area contributed by atoms with E-state index in [1.54, 1.807) is 6.07 Å². The van der Waals surface area contributed by atoms with Crippen LogP contribution in [0.25, 0.3) is 0 Å². The first-order chi connectivity index (χ1) is 12.2. The Morgan fingerprint density at radius 2 is 2.08 bits per heavy atom. The van der Waals surface area contributed by atoms with Crippen molar-refractivity contribution in [1.29, 1.82) is 0 Å². The van der Waals surface area contributed by atoms with E-state index in [0.717, 1.165) is 57.9 Å². The number of ether oxygens (including phenoxy) is 3. The standard InChI is InChI=1S/C19H27NO5/c1-13-4-5-16(25-13)19(21)20-11-17(18-15(20)3-2-8-23-18)24-12-14-6-9-22-10-7-14/h4-5,14-15,17-18H,2-3,6-12H2,1H3/t15-,17+,18+/m0/s1. The van der Waals surface area contributed by atoms with Gasteiger partial charge in [0.2, 0.25) is 0 Å². The molecule has 0 unspecified atom stereocenters. The molecule has 3 aliphatic rings. The molecule has 3 atom stereocenters. The number of carbonyl (C=O) groups is 1. The van der Waals surface area contributed by atoms with E-state index in [-0.39, 0.29) is 24.2 Å². The molecule has 0 aromatic carbocycles. The van der Waals surface area contributed by atoms with Gasteiger partial charge in [-0.15, -0.1) is 0 Å². The highest BCUT2D eigenvalue weighted by atomic mass is 16.5. The molecule has 4 heterocycles. The molecule has 25 heavy (non-hydrogen) atoms. The number of rotatable bonds is 4. The van der Waals surface area contributed by atoms with Crippen molar-refractivity contribution in [3.63, 3.8) is 0 Å². The first kappa shape index (κ1) is 17.1. The van der Waals surface area contributed by atoms with Crippen molar-refractivity contribution in [2.45, 2.75) is 50.9 Å². The summed E-state index contributed by atoms with van der Waals surface area (Å²) in [6.07, 6.45) is 3.98. The van der Waals surface area contributed by atoms with Gasteiger partial charge in [0.15, 0.2) is 5.76 Å². The van der Waals surface area contributed by atoms with E-state index in [0.29, 0.717) is 18.2 Å². The molecule has 3 saturated heterocycles. The molecule has 0 spiro atoms. The Hall–Kier alpha value is -1.37. The highest BCUT2D eigenvalue weighted by Crippen LogP contribution is 2.32. The molecule has 6 nitrogen and oxygen atoms in total. The Bertz CT molecular complexity index is 594. The molecule has 0 radical (unpaired) electrons. The van der Waals surface area contributed by atoms with Crippen LogP contribution >= 0.6 is 0 Å². The van der Waals surface area contributed by atoms with Gasteiger partial charge in [-0.05, 0) is 50.7 Å². The monoisotopic (exact) mass is 349 g/mol. The smallest absolute Gasteiger partial charge is 0.289 e. The Morgan fingerprint density at radius 3 is 2.84 bits per heavy atom. The predicted molar refractivity (Wildman–Crippen MR) is 90.5 cm³/mol. The van der Waals surface area contributed by atoms with Crippen LogP contribution in [0.2, 0.25) is 0 Å². The van der Waals surface area contributed by atoms with E-state index in [1.807, 2.05) is 17.9 Å². The van der Waals surface area contributed by atoms with E-state index >= 15 is 0 Å². The van der Waals surface area contributed by atoms with Gasteiger partial charge >= 0.3 is 0 Å². The fraction of sp³-hybridized carbons (Fsp3) is 0.737. The lowest BCUT2D eigenvalue weighted by atomic mass is 10.0. The van der Waals surface area contributed by atoms with Crippen molar-refractivity contribution in [3.8, 4) is 0 Å². The minimum Gasteiger partial charge on any atom is -0.456 e. The lowest BCUT2D eigenvalue weighted by molar-refractivity contribution is -0.0886. The van der Waals surface area contributed by atoms with Gasteiger partial charge in [0, 0.05) is 19.8 Å². The Balaban J connectivity index is 1.43. The van der Waals surface area contributed by atoms with E-state index in [4.69, 9.17) is 18.6 Å². The molecular weight excluding hydrogens is 322 g/mol. The van der Waals surface area contributed by atoms with Gasteiger partial charge in [0.1, 0.15) is 18.0 Å². The zero-order valence-corrected chi connectivity index (χ0v) is 14.8. The van der Waals surface area contributed by atoms with Gasteiger partial charge in [-0.2, -0.15) is 0 Å². The maximum Gasteiger partial charge on any atom is 0.289 e. The lowest BCUT2D eigenvalue weighted by Gasteiger charge is -2.32. The van der Waals surface area contributed by atoms with Crippen LogP contribution in [0.4, 0.5) is 0 Å². The summed E-state index contributed by atoms with van der Waals surface area (Å²) in [6, 6.07) is 3.68. The Morgan fingerprint density at radius 1 is 1.24 bits per heavy atom. The number of furan rings is 1. The highest BCUT2D eigenvalue weighted by Gasteiger charge is 2.47. The van der Waals surface area contributed by atoms with Gasteiger partial charge in [-0.3, -0.25) is 4.79 Å². The Kier molecular flexibility index (Phi) is 5.10. The molecule has 1 amide bonds. The molecule has 0 saturated carbocycles. The molecule has 3 fully saturated rings. The largest absolute Gasteiger partial charge is 0.456 e. The number of carbonyl (C=O) groups excluding carboxylic acids is 1. The van der Waals surface area contributed by atoms with Crippen LogP contribution in [-0.2, 0) is 14.2 Å². The number of aryl methyl sites for hydroxylation is 1. The fourth-order valence-corrected chi connectivity index (χ4v) is 4.15. The van der Waals surface area contributed by atoms with E-state index in [9.17, 15) is 4.79 Å². The topological polar surface area (TPSA) is 61.1 Å². The van der Waals surface area contributed by atoms with Crippen molar-refractivity contribution >= 4 is 5.91 Å². The normalized spacial score (nSPS) is 30.4. The number of likely N-dealkylation sites (tertiary alicyclic amines) is 1. The second kappa shape index (κ2) is 7.48. The Labute approximate surface area is 148 Å². The third-order valence-corrected chi connectivity index (χ3v) is 5.58. The quantitative estimate of drug-likeness (QED) is 0.835. The van der Waals surface area contributed by atoms with Crippen LogP contribution in [0, 0.1) is 12.8 Å². The zero-order chi connectivity index (χ0) is 17.2. The van der Waals surface area contributed by atoms with Crippen LogP contribution in [0.3, 0.4) is 0 Å². The van der Waals surface area contributed by atoms with E-state index < -0.39 is 0 Å². The van der Waals surface area contributed by atoms with Crippen molar-refractivity contribution in [2.75, 3.05) is 33.0 Å². The second-order valence-corrected chi connectivity index (χ2v) is 7.34. The summed E-state index contributed by atoms with van der Waals surface area (Å²) in [5.41, 5.74) is 0. The first-order valence-electron chi connectivity index (χ1n) is 9.41. The average Bonchev–Trinajstić information content (AvgIpc) is 3.24. The number of hydrogen-bond acceptors (Lipinski definition) is 5. The van der Waals surface area contributed by atoms with Crippen molar-refractivity contribution in [2.24, 2.45) is 5.92 Å². The lowest BCUT2D eigenvalue weighted by Crippen LogP contribution is -2.44. The van der Waals surface area contributed by atoms with Crippen LogP contribution in [0.5, 0.6) is 0 Å². The summed E-state index contributed by atoms with van der Waals surface area (Å²) in [5, 5.41) is 0. The zero-order valence-electron chi connectivity index (χ0n) is 14.8. The summed E-state index contributed by atoms with van der Waals surface area (Å²) >= 11 is 0. The number of hydrogen-bond donors (Lipinski definition) is 0. The number of fused-ring (bicyclic) bond motifs is 1. The van der Waals surface area contributed by atoms with Crippen molar-refractivity contribution in [1.82, 2.24) is 4.90 Å². The third-order valence-electron chi connectivity index (χ3n) is 5.58. The van der Waals surface area contributed by atoms with E-state index in [2.05, 4.69) is 0 Å². The van der Waals surface area contributed by atoms with Gasteiger partial charge in [-0.1, -0.05) is 0 Å². The molecule has 4 rings (SSSR count). The van der Waals surface area contributed by atoms with Crippen LogP contribution in [-0.4, -0.2) is 62.0 Å². The van der Waals surface area contributed by atoms with Gasteiger partial charge in [-0.25, -0.2) is 0 Å². The summed E-state index contributed by atoms with van der Waals surface area (Å²) in [5.74, 6) is 1.66. The van der Waals surface area contributed by atoms with Crippen molar-refractivity contribution in [3.05, 3.63) is 23.7 Å². The minimum absolute atomic E-state index is 0.0198. The molecule has 3 aliphatic heterocycles. The molecule has 6 heteroatoms. The van der Waals surface area contributed by atoms with Crippen LogP contribution < -0.4 is 0 Å².